The Bertz CT molecular complexity index is 879. The van der Waals surface area contributed by atoms with Gasteiger partial charge in [-0.2, -0.15) is 0 Å². The van der Waals surface area contributed by atoms with Crippen LogP contribution in [0.5, 0.6) is 0 Å². The molecule has 0 bridgehead atoms. The molecule has 0 amide bonds. The number of halogens is 3. The van der Waals surface area contributed by atoms with Gasteiger partial charge in [-0.25, -0.2) is 18.3 Å². The fourth-order valence-electron chi connectivity index (χ4n) is 1.97. The van der Waals surface area contributed by atoms with Crippen molar-refractivity contribution in [3.05, 3.63) is 52.0 Å². The second-order valence-corrected chi connectivity index (χ2v) is 5.05. The highest BCUT2D eigenvalue weighted by atomic mass is 79.9. The van der Waals surface area contributed by atoms with Gasteiger partial charge in [0.05, 0.1) is 15.6 Å². The highest BCUT2D eigenvalue weighted by Gasteiger charge is 2.17. The summed E-state index contributed by atoms with van der Waals surface area (Å²) < 4.78 is 28.4. The van der Waals surface area contributed by atoms with E-state index in [2.05, 4.69) is 26.2 Å². The minimum absolute atomic E-state index is 0.0340. The molecule has 0 saturated carbocycles. The zero-order chi connectivity index (χ0) is 15.1. The SMILES string of the molecule is O=C(O)c1cccc2c1nnn2-c1cc(Br)c(F)cc1F. The molecule has 3 aromatic rings. The highest BCUT2D eigenvalue weighted by molar-refractivity contribution is 9.10. The molecule has 5 nitrogen and oxygen atoms in total. The van der Waals surface area contributed by atoms with E-state index in [0.29, 0.717) is 11.6 Å². The lowest BCUT2D eigenvalue weighted by molar-refractivity contribution is 0.0699. The van der Waals surface area contributed by atoms with Crippen molar-refractivity contribution in [1.29, 1.82) is 0 Å². The van der Waals surface area contributed by atoms with Gasteiger partial charge in [-0.05, 0) is 34.1 Å². The maximum Gasteiger partial charge on any atom is 0.338 e. The molecule has 0 saturated heterocycles. The van der Waals surface area contributed by atoms with Crippen molar-refractivity contribution in [1.82, 2.24) is 15.0 Å². The minimum atomic E-state index is -1.16. The van der Waals surface area contributed by atoms with Crippen LogP contribution < -0.4 is 0 Å². The third kappa shape index (κ3) is 2.17. The first-order chi connectivity index (χ1) is 9.99. The second-order valence-electron chi connectivity index (χ2n) is 4.20. The summed E-state index contributed by atoms with van der Waals surface area (Å²) in [5.74, 6) is -2.73. The van der Waals surface area contributed by atoms with Gasteiger partial charge in [-0.3, -0.25) is 0 Å². The van der Waals surface area contributed by atoms with Crippen molar-refractivity contribution in [3.63, 3.8) is 0 Å². The topological polar surface area (TPSA) is 68.0 Å². The van der Waals surface area contributed by atoms with Gasteiger partial charge in [0.1, 0.15) is 17.0 Å². The molecule has 0 aliphatic heterocycles. The Morgan fingerprint density at radius 3 is 2.71 bits per heavy atom. The van der Waals surface area contributed by atoms with Crippen LogP contribution in [0.25, 0.3) is 16.7 Å². The van der Waals surface area contributed by atoms with Gasteiger partial charge in [0.15, 0.2) is 5.82 Å². The standard InChI is InChI=1S/C13H6BrF2N3O2/c14-7-4-11(9(16)5-8(7)15)19-10-3-1-2-6(13(20)21)12(10)17-18-19/h1-5H,(H,20,21). The van der Waals surface area contributed by atoms with E-state index in [4.69, 9.17) is 5.11 Å². The number of carbonyl (C=O) groups is 1. The summed E-state index contributed by atoms with van der Waals surface area (Å²) in [6.45, 7) is 0. The monoisotopic (exact) mass is 353 g/mol. The average molecular weight is 354 g/mol. The Morgan fingerprint density at radius 1 is 1.24 bits per heavy atom. The quantitative estimate of drug-likeness (QED) is 0.718. The Kier molecular flexibility index (Phi) is 3.17. The van der Waals surface area contributed by atoms with Crippen LogP contribution in [0.15, 0.2) is 34.8 Å². The van der Waals surface area contributed by atoms with Crippen LogP contribution in [-0.4, -0.2) is 26.1 Å². The van der Waals surface area contributed by atoms with Crippen LogP contribution in [0.1, 0.15) is 10.4 Å². The van der Waals surface area contributed by atoms with Crippen LogP contribution in [0.3, 0.4) is 0 Å². The van der Waals surface area contributed by atoms with E-state index >= 15 is 0 Å². The first-order valence-electron chi connectivity index (χ1n) is 5.71. The van der Waals surface area contributed by atoms with Gasteiger partial charge >= 0.3 is 5.97 Å². The summed E-state index contributed by atoms with van der Waals surface area (Å²) in [5.41, 5.74) is 0.366. The molecule has 106 valence electrons. The number of hydrogen-bond donors (Lipinski definition) is 1. The molecule has 21 heavy (non-hydrogen) atoms. The highest BCUT2D eigenvalue weighted by Crippen LogP contribution is 2.25. The Balaban J connectivity index is 2.30. The van der Waals surface area contributed by atoms with Crippen molar-refractivity contribution in [2.24, 2.45) is 0 Å². The third-order valence-corrected chi connectivity index (χ3v) is 3.53. The fraction of sp³-hybridized carbons (Fsp3) is 0. The first-order valence-corrected chi connectivity index (χ1v) is 6.51. The predicted octanol–water partition coefficient (Wildman–Crippen LogP) is 3.16. The Labute approximate surface area is 124 Å². The molecule has 1 aromatic heterocycles. The number of rotatable bonds is 2. The molecule has 2 aromatic carbocycles. The molecule has 1 N–H and O–H groups in total. The number of carboxylic acid groups (broad SMARTS) is 1. The molecule has 0 aliphatic carbocycles. The molecule has 0 fully saturated rings. The van der Waals surface area contributed by atoms with Gasteiger partial charge in [-0.1, -0.05) is 11.3 Å². The molecule has 0 unspecified atom stereocenters. The number of benzene rings is 2. The summed E-state index contributed by atoms with van der Waals surface area (Å²) in [7, 11) is 0. The lowest BCUT2D eigenvalue weighted by Crippen LogP contribution is -2.01. The van der Waals surface area contributed by atoms with Crippen molar-refractivity contribution in [2.45, 2.75) is 0 Å². The maximum absolute atomic E-state index is 13.9. The van der Waals surface area contributed by atoms with Crippen LogP contribution in [0, 0.1) is 11.6 Å². The average Bonchev–Trinajstić information content (AvgIpc) is 2.86. The van der Waals surface area contributed by atoms with Crippen molar-refractivity contribution < 1.29 is 18.7 Å². The molecule has 0 spiro atoms. The first kappa shape index (κ1) is 13.6. The fourth-order valence-corrected chi connectivity index (χ4v) is 2.30. The van der Waals surface area contributed by atoms with Crippen LogP contribution in [0.2, 0.25) is 0 Å². The predicted molar refractivity (Wildman–Crippen MR) is 73.4 cm³/mol. The van der Waals surface area contributed by atoms with E-state index < -0.39 is 17.6 Å². The summed E-state index contributed by atoms with van der Waals surface area (Å²) in [6.07, 6.45) is 0. The van der Waals surface area contributed by atoms with Crippen molar-refractivity contribution >= 4 is 32.9 Å². The van der Waals surface area contributed by atoms with Gasteiger partial charge in [0.2, 0.25) is 0 Å². The molecular formula is C13H6BrF2N3O2. The van der Waals surface area contributed by atoms with E-state index in [-0.39, 0.29) is 21.2 Å². The molecular weight excluding hydrogens is 348 g/mol. The Hall–Kier alpha value is -2.35. The number of carboxylic acids is 1. The summed E-state index contributed by atoms with van der Waals surface area (Å²) in [4.78, 5) is 11.1. The molecule has 8 heteroatoms. The number of nitrogens with zero attached hydrogens (tertiary/aromatic N) is 3. The van der Waals surface area contributed by atoms with E-state index in [1.807, 2.05) is 0 Å². The summed E-state index contributed by atoms with van der Waals surface area (Å²) in [6, 6.07) is 6.36. The van der Waals surface area contributed by atoms with Crippen LogP contribution in [-0.2, 0) is 0 Å². The zero-order valence-electron chi connectivity index (χ0n) is 10.2. The van der Waals surface area contributed by atoms with E-state index in [9.17, 15) is 13.6 Å². The smallest absolute Gasteiger partial charge is 0.338 e. The summed E-state index contributed by atoms with van der Waals surface area (Å²) >= 11 is 2.97. The van der Waals surface area contributed by atoms with Crippen LogP contribution >= 0.6 is 15.9 Å². The molecule has 1 heterocycles. The number of fused-ring (bicyclic) bond motifs is 1. The van der Waals surface area contributed by atoms with E-state index in [1.54, 1.807) is 6.07 Å². The van der Waals surface area contributed by atoms with E-state index in [0.717, 1.165) is 4.68 Å². The van der Waals surface area contributed by atoms with Crippen molar-refractivity contribution in [2.75, 3.05) is 0 Å². The minimum Gasteiger partial charge on any atom is -0.478 e. The lowest BCUT2D eigenvalue weighted by atomic mass is 10.2. The van der Waals surface area contributed by atoms with Crippen LogP contribution in [0.4, 0.5) is 8.78 Å². The molecule has 0 atom stereocenters. The lowest BCUT2D eigenvalue weighted by Gasteiger charge is -2.05. The second kappa shape index (κ2) is 4.88. The summed E-state index contributed by atoms with van der Waals surface area (Å²) in [5, 5.41) is 16.6. The van der Waals surface area contributed by atoms with Gasteiger partial charge in [0.25, 0.3) is 0 Å². The maximum atomic E-state index is 13.9. The molecule has 0 aliphatic rings. The third-order valence-electron chi connectivity index (χ3n) is 2.93. The van der Waals surface area contributed by atoms with Gasteiger partial charge in [-0.15, -0.1) is 5.10 Å². The largest absolute Gasteiger partial charge is 0.478 e. The number of aromatic nitrogens is 3. The number of hydrogen-bond acceptors (Lipinski definition) is 3. The zero-order valence-corrected chi connectivity index (χ0v) is 11.8. The van der Waals surface area contributed by atoms with E-state index in [1.165, 1.54) is 18.2 Å². The van der Waals surface area contributed by atoms with Crippen molar-refractivity contribution in [3.8, 4) is 5.69 Å². The molecule has 3 rings (SSSR count). The van der Waals surface area contributed by atoms with Gasteiger partial charge < -0.3 is 5.11 Å². The normalized spacial score (nSPS) is 11.0. The van der Waals surface area contributed by atoms with Gasteiger partial charge in [0, 0.05) is 6.07 Å². The molecule has 0 radical (unpaired) electrons. The number of aromatic carboxylic acids is 1. The Morgan fingerprint density at radius 2 is 2.00 bits per heavy atom.